The highest BCUT2D eigenvalue weighted by atomic mass is 16.5. The molecule has 3 heteroatoms. The summed E-state index contributed by atoms with van der Waals surface area (Å²) in [6.45, 7) is 1.78. The molecule has 0 spiro atoms. The van der Waals surface area contributed by atoms with Crippen molar-refractivity contribution in [3.63, 3.8) is 0 Å². The van der Waals surface area contributed by atoms with Crippen LogP contribution in [-0.2, 0) is 17.6 Å². The standard InChI is InChI=1S/C25H21NO2/c1-16(28-21-13-11-17-5-2-3-6-20(17)15-21)25(27)26-23-14-12-19-10-9-18-7-4-8-22(23)24(18)19/h2-8,11-16H,9-10H2,1H3,(H,26,27)/t16-/m1/s1. The molecule has 0 radical (unpaired) electrons. The van der Waals surface area contributed by atoms with E-state index < -0.39 is 6.10 Å². The molecule has 1 atom stereocenters. The van der Waals surface area contributed by atoms with Gasteiger partial charge in [0, 0.05) is 11.1 Å². The van der Waals surface area contributed by atoms with Crippen molar-refractivity contribution < 1.29 is 9.53 Å². The van der Waals surface area contributed by atoms with Crippen LogP contribution in [0.3, 0.4) is 0 Å². The lowest BCUT2D eigenvalue weighted by Crippen LogP contribution is -2.30. The van der Waals surface area contributed by atoms with Crippen molar-refractivity contribution in [2.75, 3.05) is 5.32 Å². The van der Waals surface area contributed by atoms with Gasteiger partial charge in [-0.3, -0.25) is 4.79 Å². The molecule has 4 aromatic carbocycles. The second-order valence-corrected chi connectivity index (χ2v) is 7.37. The fourth-order valence-corrected chi connectivity index (χ4v) is 4.09. The molecule has 28 heavy (non-hydrogen) atoms. The van der Waals surface area contributed by atoms with E-state index in [1.54, 1.807) is 6.92 Å². The maximum Gasteiger partial charge on any atom is 0.265 e. The van der Waals surface area contributed by atoms with Crippen molar-refractivity contribution in [3.05, 3.63) is 83.9 Å². The van der Waals surface area contributed by atoms with Gasteiger partial charge in [-0.25, -0.2) is 0 Å². The highest BCUT2D eigenvalue weighted by molar-refractivity contribution is 6.06. The molecule has 138 valence electrons. The van der Waals surface area contributed by atoms with E-state index in [1.165, 1.54) is 16.5 Å². The Kier molecular flexibility index (Phi) is 4.01. The van der Waals surface area contributed by atoms with E-state index in [-0.39, 0.29) is 5.91 Å². The van der Waals surface area contributed by atoms with Crippen LogP contribution in [0.1, 0.15) is 18.1 Å². The fraction of sp³-hybridized carbons (Fsp3) is 0.160. The predicted molar refractivity (Wildman–Crippen MR) is 114 cm³/mol. The molecular formula is C25H21NO2. The van der Waals surface area contributed by atoms with Crippen LogP contribution in [-0.4, -0.2) is 12.0 Å². The van der Waals surface area contributed by atoms with Gasteiger partial charge >= 0.3 is 0 Å². The third kappa shape index (κ3) is 2.89. The Morgan fingerprint density at radius 3 is 2.54 bits per heavy atom. The molecular weight excluding hydrogens is 346 g/mol. The summed E-state index contributed by atoms with van der Waals surface area (Å²) in [5, 5.41) is 7.72. The molecule has 0 aromatic heterocycles. The molecule has 1 aliphatic rings. The summed E-state index contributed by atoms with van der Waals surface area (Å²) in [5.74, 6) is 0.550. The molecule has 0 aliphatic heterocycles. The van der Waals surface area contributed by atoms with E-state index in [2.05, 4.69) is 35.6 Å². The van der Waals surface area contributed by atoms with Gasteiger partial charge in [-0.15, -0.1) is 0 Å². The number of nitrogens with one attached hydrogen (secondary N) is 1. The molecule has 0 fully saturated rings. The van der Waals surface area contributed by atoms with Crippen LogP contribution < -0.4 is 10.1 Å². The third-order valence-electron chi connectivity index (χ3n) is 5.54. The zero-order valence-corrected chi connectivity index (χ0v) is 15.7. The van der Waals surface area contributed by atoms with Crippen molar-refractivity contribution in [1.29, 1.82) is 0 Å². The molecule has 4 aromatic rings. The van der Waals surface area contributed by atoms with Gasteiger partial charge in [0.05, 0.1) is 0 Å². The maximum atomic E-state index is 12.8. The van der Waals surface area contributed by atoms with E-state index in [1.807, 2.05) is 42.5 Å². The SMILES string of the molecule is C[C@@H](Oc1ccc2ccccc2c1)C(=O)Nc1ccc2c3c(cccc13)CC2. The Morgan fingerprint density at radius 1 is 0.893 bits per heavy atom. The number of amides is 1. The minimum Gasteiger partial charge on any atom is -0.481 e. The third-order valence-corrected chi connectivity index (χ3v) is 5.54. The molecule has 1 amide bonds. The number of carbonyl (C=O) groups excluding carboxylic acids is 1. The largest absolute Gasteiger partial charge is 0.481 e. The molecule has 1 N–H and O–H groups in total. The Hall–Kier alpha value is -3.33. The minimum atomic E-state index is -0.593. The van der Waals surface area contributed by atoms with Gasteiger partial charge in [-0.05, 0) is 65.3 Å². The second-order valence-electron chi connectivity index (χ2n) is 7.37. The van der Waals surface area contributed by atoms with E-state index in [4.69, 9.17) is 4.74 Å². The Morgan fingerprint density at radius 2 is 1.68 bits per heavy atom. The number of carbonyl (C=O) groups is 1. The maximum absolute atomic E-state index is 12.8. The number of fused-ring (bicyclic) bond motifs is 1. The lowest BCUT2D eigenvalue weighted by atomic mass is 10.0. The van der Waals surface area contributed by atoms with Crippen molar-refractivity contribution in [3.8, 4) is 5.75 Å². The first-order valence-corrected chi connectivity index (χ1v) is 9.69. The number of benzene rings is 4. The summed E-state index contributed by atoms with van der Waals surface area (Å²) in [4.78, 5) is 12.8. The van der Waals surface area contributed by atoms with Gasteiger partial charge < -0.3 is 10.1 Å². The normalized spacial score (nSPS) is 13.6. The first-order valence-electron chi connectivity index (χ1n) is 9.69. The Balaban J connectivity index is 1.37. The summed E-state index contributed by atoms with van der Waals surface area (Å²) < 4.78 is 5.92. The molecule has 1 aliphatic carbocycles. The van der Waals surface area contributed by atoms with E-state index >= 15 is 0 Å². The summed E-state index contributed by atoms with van der Waals surface area (Å²) >= 11 is 0. The van der Waals surface area contributed by atoms with Gasteiger partial charge in [0.2, 0.25) is 0 Å². The first-order chi connectivity index (χ1) is 13.7. The Bertz CT molecular complexity index is 1200. The number of rotatable bonds is 4. The van der Waals surface area contributed by atoms with Crippen molar-refractivity contribution in [2.24, 2.45) is 0 Å². The van der Waals surface area contributed by atoms with Gasteiger partial charge in [0.25, 0.3) is 5.91 Å². The molecule has 5 rings (SSSR count). The number of hydrogen-bond donors (Lipinski definition) is 1. The smallest absolute Gasteiger partial charge is 0.265 e. The van der Waals surface area contributed by atoms with Crippen LogP contribution in [0, 0.1) is 0 Å². The average molecular weight is 367 g/mol. The summed E-state index contributed by atoms with van der Waals surface area (Å²) in [6, 6.07) is 24.5. The van der Waals surface area contributed by atoms with Crippen LogP contribution >= 0.6 is 0 Å². The number of aryl methyl sites for hydroxylation is 2. The van der Waals surface area contributed by atoms with Crippen LogP contribution in [0.15, 0.2) is 72.8 Å². The number of anilines is 1. The quantitative estimate of drug-likeness (QED) is 0.517. The van der Waals surface area contributed by atoms with Gasteiger partial charge in [-0.2, -0.15) is 0 Å². The summed E-state index contributed by atoms with van der Waals surface area (Å²) in [5.41, 5.74) is 3.58. The second kappa shape index (κ2) is 6.68. The minimum absolute atomic E-state index is 0.146. The molecule has 0 saturated carbocycles. The number of ether oxygens (including phenoxy) is 1. The highest BCUT2D eigenvalue weighted by Gasteiger charge is 2.19. The van der Waals surface area contributed by atoms with Crippen LogP contribution in [0.25, 0.3) is 21.5 Å². The van der Waals surface area contributed by atoms with Gasteiger partial charge in [0.15, 0.2) is 6.10 Å². The highest BCUT2D eigenvalue weighted by Crippen LogP contribution is 2.35. The summed E-state index contributed by atoms with van der Waals surface area (Å²) in [6.07, 6.45) is 1.56. The predicted octanol–water partition coefficient (Wildman–Crippen LogP) is 5.50. The zero-order chi connectivity index (χ0) is 19.1. The van der Waals surface area contributed by atoms with Gasteiger partial charge in [-0.1, -0.05) is 54.6 Å². The topological polar surface area (TPSA) is 38.3 Å². The van der Waals surface area contributed by atoms with Crippen molar-refractivity contribution >= 4 is 33.1 Å². The Labute approximate surface area is 163 Å². The number of hydrogen-bond acceptors (Lipinski definition) is 2. The first kappa shape index (κ1) is 16.8. The molecule has 0 heterocycles. The van der Waals surface area contributed by atoms with Crippen molar-refractivity contribution in [1.82, 2.24) is 0 Å². The lowest BCUT2D eigenvalue weighted by Gasteiger charge is -2.16. The van der Waals surface area contributed by atoms with E-state index in [0.717, 1.165) is 34.7 Å². The summed E-state index contributed by atoms with van der Waals surface area (Å²) in [7, 11) is 0. The van der Waals surface area contributed by atoms with Crippen LogP contribution in [0.4, 0.5) is 5.69 Å². The van der Waals surface area contributed by atoms with Crippen molar-refractivity contribution in [2.45, 2.75) is 25.9 Å². The molecule has 0 saturated heterocycles. The average Bonchev–Trinajstić information content (AvgIpc) is 3.14. The zero-order valence-electron chi connectivity index (χ0n) is 15.7. The lowest BCUT2D eigenvalue weighted by molar-refractivity contribution is -0.122. The fourth-order valence-electron chi connectivity index (χ4n) is 4.09. The molecule has 0 unspecified atom stereocenters. The van der Waals surface area contributed by atoms with Crippen LogP contribution in [0.5, 0.6) is 5.75 Å². The molecule has 0 bridgehead atoms. The monoisotopic (exact) mass is 367 g/mol. The van der Waals surface area contributed by atoms with E-state index in [0.29, 0.717) is 5.75 Å². The van der Waals surface area contributed by atoms with E-state index in [9.17, 15) is 4.79 Å². The van der Waals surface area contributed by atoms with Crippen LogP contribution in [0.2, 0.25) is 0 Å². The van der Waals surface area contributed by atoms with Gasteiger partial charge in [0.1, 0.15) is 5.75 Å². The molecule has 3 nitrogen and oxygen atoms in total.